The Bertz CT molecular complexity index is 1010. The summed E-state index contributed by atoms with van der Waals surface area (Å²) in [5.74, 6) is -0.123. The van der Waals surface area contributed by atoms with Gasteiger partial charge in [0.25, 0.3) is 5.91 Å². The Labute approximate surface area is 151 Å². The highest BCUT2D eigenvalue weighted by Gasteiger charge is 2.46. The summed E-state index contributed by atoms with van der Waals surface area (Å²) in [5.41, 5.74) is 9.25. The standard InChI is InChI=1S/C21H18N4O/c1-14-10-16(13-23-12-14)15-6-5-9-18(11-15)21(17-7-3-2-4-8-17)19(26)24-20(22)25-21/h2-13H,1H3,(H3,22,24,25,26). The van der Waals surface area contributed by atoms with Crippen LogP contribution in [0.5, 0.6) is 0 Å². The van der Waals surface area contributed by atoms with E-state index in [4.69, 9.17) is 5.73 Å². The minimum atomic E-state index is -1.18. The number of carbonyl (C=O) groups excluding carboxylic acids is 1. The lowest BCUT2D eigenvalue weighted by atomic mass is 9.82. The second-order valence-corrected chi connectivity index (χ2v) is 6.36. The maximum atomic E-state index is 12.9. The first-order valence-corrected chi connectivity index (χ1v) is 8.34. The number of nitrogens with zero attached hydrogens (tertiary/aromatic N) is 2. The topological polar surface area (TPSA) is 80.4 Å². The van der Waals surface area contributed by atoms with Crippen LogP contribution in [0.3, 0.4) is 0 Å². The van der Waals surface area contributed by atoms with E-state index in [-0.39, 0.29) is 11.9 Å². The maximum Gasteiger partial charge on any atom is 0.263 e. The molecule has 0 spiro atoms. The molecule has 0 aliphatic carbocycles. The molecule has 4 rings (SSSR count). The van der Waals surface area contributed by atoms with E-state index in [2.05, 4.69) is 21.4 Å². The smallest absolute Gasteiger partial charge is 0.263 e. The van der Waals surface area contributed by atoms with Crippen LogP contribution in [0, 0.1) is 6.92 Å². The van der Waals surface area contributed by atoms with Crippen LogP contribution in [0.25, 0.3) is 11.1 Å². The Hall–Kier alpha value is -3.47. The van der Waals surface area contributed by atoms with Gasteiger partial charge in [0.15, 0.2) is 11.5 Å². The lowest BCUT2D eigenvalue weighted by molar-refractivity contribution is -0.122. The van der Waals surface area contributed by atoms with Crippen LogP contribution in [0.1, 0.15) is 16.7 Å². The monoisotopic (exact) mass is 342 g/mol. The minimum Gasteiger partial charge on any atom is -0.370 e. The average Bonchev–Trinajstić information content (AvgIpc) is 2.97. The fourth-order valence-corrected chi connectivity index (χ4v) is 3.34. The fourth-order valence-electron chi connectivity index (χ4n) is 3.34. The van der Waals surface area contributed by atoms with Gasteiger partial charge in [0, 0.05) is 18.0 Å². The van der Waals surface area contributed by atoms with Gasteiger partial charge >= 0.3 is 0 Å². The lowest BCUT2D eigenvalue weighted by Crippen LogP contribution is -2.39. The van der Waals surface area contributed by atoms with Crippen molar-refractivity contribution < 1.29 is 4.79 Å². The van der Waals surface area contributed by atoms with Gasteiger partial charge in [-0.1, -0.05) is 48.5 Å². The number of aryl methyl sites for hydroxylation is 1. The highest BCUT2D eigenvalue weighted by atomic mass is 16.2. The Morgan fingerprint density at radius 3 is 2.38 bits per heavy atom. The first kappa shape index (κ1) is 16.0. The van der Waals surface area contributed by atoms with Crippen LogP contribution in [-0.2, 0) is 10.3 Å². The largest absolute Gasteiger partial charge is 0.370 e. The van der Waals surface area contributed by atoms with Crippen molar-refractivity contribution in [3.63, 3.8) is 0 Å². The molecule has 0 saturated carbocycles. The molecule has 0 radical (unpaired) electrons. The molecule has 1 aromatic heterocycles. The Morgan fingerprint density at radius 2 is 1.69 bits per heavy atom. The summed E-state index contributed by atoms with van der Waals surface area (Å²) in [7, 11) is 0. The van der Waals surface area contributed by atoms with Crippen molar-refractivity contribution in [2.75, 3.05) is 0 Å². The van der Waals surface area contributed by atoms with Gasteiger partial charge in [-0.3, -0.25) is 15.1 Å². The van der Waals surface area contributed by atoms with E-state index in [1.54, 1.807) is 0 Å². The second-order valence-electron chi connectivity index (χ2n) is 6.36. The molecule has 128 valence electrons. The third-order valence-electron chi connectivity index (χ3n) is 4.54. The number of amides is 1. The molecular formula is C21H18N4O. The van der Waals surface area contributed by atoms with E-state index in [0.717, 1.165) is 27.8 Å². The summed E-state index contributed by atoms with van der Waals surface area (Å²) in [4.78, 5) is 21.7. The van der Waals surface area contributed by atoms with Crippen molar-refractivity contribution in [2.24, 2.45) is 10.7 Å². The molecule has 1 aliphatic heterocycles. The summed E-state index contributed by atoms with van der Waals surface area (Å²) in [6, 6.07) is 19.3. The quantitative estimate of drug-likeness (QED) is 0.768. The number of benzene rings is 2. The molecule has 5 heteroatoms. The van der Waals surface area contributed by atoms with Crippen molar-refractivity contribution in [1.82, 2.24) is 10.3 Å². The molecule has 1 aliphatic rings. The Kier molecular flexibility index (Phi) is 3.77. The van der Waals surface area contributed by atoms with Crippen LogP contribution in [0.15, 0.2) is 78.0 Å². The number of carbonyl (C=O) groups is 1. The van der Waals surface area contributed by atoms with Crippen molar-refractivity contribution >= 4 is 11.9 Å². The Balaban J connectivity index is 1.91. The summed E-state index contributed by atoms with van der Waals surface area (Å²) < 4.78 is 0. The predicted molar refractivity (Wildman–Crippen MR) is 101 cm³/mol. The molecular weight excluding hydrogens is 324 g/mol. The number of pyridine rings is 1. The zero-order valence-corrected chi connectivity index (χ0v) is 14.3. The number of aliphatic imine (C=N–C) groups is 1. The Morgan fingerprint density at radius 1 is 0.923 bits per heavy atom. The molecule has 26 heavy (non-hydrogen) atoms. The molecule has 1 amide bonds. The number of nitrogens with two attached hydrogens (primary N) is 1. The molecule has 3 aromatic rings. The van der Waals surface area contributed by atoms with E-state index in [9.17, 15) is 4.79 Å². The van der Waals surface area contributed by atoms with Gasteiger partial charge in [0.2, 0.25) is 0 Å². The second kappa shape index (κ2) is 6.11. The lowest BCUT2D eigenvalue weighted by Gasteiger charge is -2.25. The molecule has 0 fully saturated rings. The first-order chi connectivity index (χ1) is 12.6. The van der Waals surface area contributed by atoms with Crippen molar-refractivity contribution in [1.29, 1.82) is 0 Å². The number of nitrogens with one attached hydrogen (secondary N) is 1. The van der Waals surface area contributed by atoms with Crippen LogP contribution in [0.4, 0.5) is 0 Å². The van der Waals surface area contributed by atoms with E-state index >= 15 is 0 Å². The minimum absolute atomic E-state index is 0.126. The van der Waals surface area contributed by atoms with Gasteiger partial charge in [0.05, 0.1) is 0 Å². The van der Waals surface area contributed by atoms with E-state index in [0.29, 0.717) is 0 Å². The summed E-state index contributed by atoms with van der Waals surface area (Å²) in [6.07, 6.45) is 3.63. The predicted octanol–water partition coefficient (Wildman–Crippen LogP) is 2.75. The number of rotatable bonds is 3. The highest BCUT2D eigenvalue weighted by Crippen LogP contribution is 2.38. The third-order valence-corrected chi connectivity index (χ3v) is 4.54. The van der Waals surface area contributed by atoms with Crippen molar-refractivity contribution in [3.8, 4) is 11.1 Å². The number of guanidine groups is 1. The van der Waals surface area contributed by atoms with Gasteiger partial charge in [-0.05, 0) is 41.3 Å². The molecule has 5 nitrogen and oxygen atoms in total. The van der Waals surface area contributed by atoms with Crippen molar-refractivity contribution in [3.05, 3.63) is 89.7 Å². The summed E-state index contributed by atoms with van der Waals surface area (Å²) in [6.45, 7) is 2.00. The molecule has 1 unspecified atom stereocenters. The van der Waals surface area contributed by atoms with Crippen LogP contribution in [0.2, 0.25) is 0 Å². The van der Waals surface area contributed by atoms with E-state index < -0.39 is 5.54 Å². The number of hydrogen-bond acceptors (Lipinski definition) is 4. The first-order valence-electron chi connectivity index (χ1n) is 8.34. The molecule has 3 N–H and O–H groups in total. The van der Waals surface area contributed by atoms with E-state index in [1.807, 2.05) is 73.9 Å². The SMILES string of the molecule is Cc1cncc(-c2cccc(C3(c4ccccc4)N=C(N)NC3=O)c2)c1. The van der Waals surface area contributed by atoms with Crippen LogP contribution < -0.4 is 11.1 Å². The van der Waals surface area contributed by atoms with Crippen LogP contribution in [-0.4, -0.2) is 16.9 Å². The molecule has 2 heterocycles. The maximum absolute atomic E-state index is 12.9. The highest BCUT2D eigenvalue weighted by molar-refractivity contribution is 6.09. The van der Waals surface area contributed by atoms with Crippen molar-refractivity contribution in [2.45, 2.75) is 12.5 Å². The molecule has 2 aromatic carbocycles. The van der Waals surface area contributed by atoms with E-state index in [1.165, 1.54) is 0 Å². The summed E-state index contributed by atoms with van der Waals surface area (Å²) in [5, 5.41) is 2.65. The summed E-state index contributed by atoms with van der Waals surface area (Å²) >= 11 is 0. The van der Waals surface area contributed by atoms with Gasteiger partial charge in [0.1, 0.15) is 0 Å². The zero-order valence-electron chi connectivity index (χ0n) is 14.3. The molecule has 0 bridgehead atoms. The van der Waals surface area contributed by atoms with Gasteiger partial charge in [-0.25, -0.2) is 4.99 Å². The van der Waals surface area contributed by atoms with Crippen LogP contribution >= 0.6 is 0 Å². The van der Waals surface area contributed by atoms with Gasteiger partial charge in [-0.15, -0.1) is 0 Å². The number of aromatic nitrogens is 1. The van der Waals surface area contributed by atoms with Gasteiger partial charge in [-0.2, -0.15) is 0 Å². The zero-order chi connectivity index (χ0) is 18.1. The molecule has 1 atom stereocenters. The molecule has 0 saturated heterocycles. The van der Waals surface area contributed by atoms with Gasteiger partial charge < -0.3 is 5.73 Å². The third kappa shape index (κ3) is 2.54. The average molecular weight is 342 g/mol. The number of hydrogen-bond donors (Lipinski definition) is 2. The normalized spacial score (nSPS) is 19.1. The fraction of sp³-hybridized carbons (Fsp3) is 0.0952.